The first-order chi connectivity index (χ1) is 12.1. The molecule has 7 heteroatoms. The van der Waals surface area contributed by atoms with Crippen molar-refractivity contribution in [3.63, 3.8) is 0 Å². The molecule has 1 amide bonds. The molecular formula is C18H19FN4O2. The van der Waals surface area contributed by atoms with Crippen LogP contribution in [0.15, 0.2) is 47.1 Å². The highest BCUT2D eigenvalue weighted by molar-refractivity contribution is 5.76. The Morgan fingerprint density at radius 2 is 1.92 bits per heavy atom. The number of hydrogen-bond donors (Lipinski definition) is 0. The summed E-state index contributed by atoms with van der Waals surface area (Å²) in [5.74, 6) is 0.395. The lowest BCUT2D eigenvalue weighted by molar-refractivity contribution is -0.131. The minimum Gasteiger partial charge on any atom is -0.342 e. The van der Waals surface area contributed by atoms with Gasteiger partial charge < -0.3 is 14.0 Å². The molecule has 0 bridgehead atoms. The zero-order valence-electron chi connectivity index (χ0n) is 14.1. The molecule has 3 rings (SSSR count). The zero-order chi connectivity index (χ0) is 17.8. The van der Waals surface area contributed by atoms with E-state index in [2.05, 4.69) is 10.1 Å². The molecule has 0 saturated carbocycles. The van der Waals surface area contributed by atoms with Gasteiger partial charge in [0.15, 0.2) is 0 Å². The van der Waals surface area contributed by atoms with Crippen molar-refractivity contribution in [3.05, 3.63) is 48.4 Å². The second-order valence-electron chi connectivity index (χ2n) is 5.52. The molecule has 6 nitrogen and oxygen atoms in total. The van der Waals surface area contributed by atoms with Crippen LogP contribution in [-0.2, 0) is 11.3 Å². The van der Waals surface area contributed by atoms with E-state index < -0.39 is 0 Å². The molecule has 0 spiro atoms. The Balaban J connectivity index is 1.83. The zero-order valence-corrected chi connectivity index (χ0v) is 14.1. The normalized spacial score (nSPS) is 10.8. The van der Waals surface area contributed by atoms with Crippen molar-refractivity contribution in [1.29, 1.82) is 0 Å². The summed E-state index contributed by atoms with van der Waals surface area (Å²) in [4.78, 5) is 18.4. The van der Waals surface area contributed by atoms with Gasteiger partial charge >= 0.3 is 0 Å². The Hall–Kier alpha value is -2.96. The van der Waals surface area contributed by atoms with E-state index >= 15 is 0 Å². The van der Waals surface area contributed by atoms with Crippen molar-refractivity contribution < 1.29 is 13.7 Å². The predicted octanol–water partition coefficient (Wildman–Crippen LogP) is 3.21. The number of aromatic nitrogens is 3. The van der Waals surface area contributed by atoms with Crippen LogP contribution in [0.5, 0.6) is 0 Å². The van der Waals surface area contributed by atoms with Gasteiger partial charge in [0, 0.05) is 24.8 Å². The van der Waals surface area contributed by atoms with Gasteiger partial charge in [0.05, 0.1) is 0 Å². The maximum absolute atomic E-state index is 13.0. The summed E-state index contributed by atoms with van der Waals surface area (Å²) in [5, 5.41) is 3.94. The molecule has 0 fully saturated rings. The molecule has 1 aromatic carbocycles. The van der Waals surface area contributed by atoms with Crippen LogP contribution in [0.25, 0.3) is 23.0 Å². The van der Waals surface area contributed by atoms with E-state index in [1.54, 1.807) is 27.8 Å². The van der Waals surface area contributed by atoms with Crippen LogP contribution in [0, 0.1) is 5.82 Å². The maximum Gasteiger partial charge on any atom is 0.274 e. The quantitative estimate of drug-likeness (QED) is 0.690. The van der Waals surface area contributed by atoms with Crippen LogP contribution in [0.1, 0.15) is 13.8 Å². The number of benzene rings is 1. The minimum absolute atomic E-state index is 0.0284. The van der Waals surface area contributed by atoms with E-state index in [0.29, 0.717) is 36.1 Å². The van der Waals surface area contributed by atoms with Gasteiger partial charge in [-0.15, -0.1) is 0 Å². The fraction of sp³-hybridized carbons (Fsp3) is 0.278. The van der Waals surface area contributed by atoms with Gasteiger partial charge in [0.2, 0.25) is 11.7 Å². The molecule has 2 heterocycles. The number of rotatable bonds is 6. The van der Waals surface area contributed by atoms with Crippen molar-refractivity contribution in [2.75, 3.05) is 13.1 Å². The minimum atomic E-state index is -0.323. The van der Waals surface area contributed by atoms with E-state index in [-0.39, 0.29) is 18.3 Å². The molecule has 0 saturated heterocycles. The Labute approximate surface area is 144 Å². The maximum atomic E-state index is 13.0. The van der Waals surface area contributed by atoms with Crippen LogP contribution in [0.2, 0.25) is 0 Å². The average Bonchev–Trinajstić information content (AvgIpc) is 3.25. The summed E-state index contributed by atoms with van der Waals surface area (Å²) in [6.45, 7) is 5.44. The molecule has 0 aliphatic carbocycles. The molecule has 0 radical (unpaired) electrons. The number of halogens is 1. The number of hydrogen-bond acceptors (Lipinski definition) is 4. The third-order valence-corrected chi connectivity index (χ3v) is 4.00. The molecule has 0 aliphatic heterocycles. The molecular weight excluding hydrogens is 323 g/mol. The lowest BCUT2D eigenvalue weighted by Gasteiger charge is -2.19. The number of carbonyl (C=O) groups excluding carboxylic acids is 1. The van der Waals surface area contributed by atoms with Crippen LogP contribution in [-0.4, -0.2) is 38.6 Å². The predicted molar refractivity (Wildman–Crippen MR) is 91.0 cm³/mol. The first-order valence-corrected chi connectivity index (χ1v) is 8.15. The first kappa shape index (κ1) is 16.9. The Morgan fingerprint density at radius 1 is 1.20 bits per heavy atom. The van der Waals surface area contributed by atoms with Crippen molar-refractivity contribution in [2.24, 2.45) is 0 Å². The van der Waals surface area contributed by atoms with E-state index in [0.717, 1.165) is 0 Å². The summed E-state index contributed by atoms with van der Waals surface area (Å²) in [7, 11) is 0. The van der Waals surface area contributed by atoms with E-state index in [9.17, 15) is 9.18 Å². The van der Waals surface area contributed by atoms with Crippen LogP contribution in [0.3, 0.4) is 0 Å². The largest absolute Gasteiger partial charge is 0.342 e. The Morgan fingerprint density at radius 3 is 2.60 bits per heavy atom. The molecule has 0 atom stereocenters. The van der Waals surface area contributed by atoms with Crippen molar-refractivity contribution in [3.8, 4) is 23.0 Å². The highest BCUT2D eigenvalue weighted by Gasteiger charge is 2.17. The van der Waals surface area contributed by atoms with E-state index in [1.165, 1.54) is 12.1 Å². The molecule has 0 unspecified atom stereocenters. The molecule has 130 valence electrons. The van der Waals surface area contributed by atoms with Gasteiger partial charge in [-0.05, 0) is 50.2 Å². The fourth-order valence-electron chi connectivity index (χ4n) is 2.61. The number of amides is 1. The third-order valence-electron chi connectivity index (χ3n) is 4.00. The second-order valence-corrected chi connectivity index (χ2v) is 5.52. The number of likely N-dealkylation sites (N-methyl/N-ethyl adjacent to an activating group) is 1. The summed E-state index contributed by atoms with van der Waals surface area (Å²) in [6, 6.07) is 9.51. The standard InChI is InChI=1S/C18H19FN4O2/c1-3-22(4-2)16(24)12-23-11-5-6-15(23)18-20-17(21-25-18)13-7-9-14(19)10-8-13/h5-11H,3-4,12H2,1-2H3. The van der Waals surface area contributed by atoms with Gasteiger partial charge in [-0.2, -0.15) is 4.98 Å². The second kappa shape index (κ2) is 7.29. The smallest absolute Gasteiger partial charge is 0.274 e. The molecule has 0 N–H and O–H groups in total. The van der Waals surface area contributed by atoms with Gasteiger partial charge in [0.25, 0.3) is 5.89 Å². The SMILES string of the molecule is CCN(CC)C(=O)Cn1cccc1-c1nc(-c2ccc(F)cc2)no1. The molecule has 0 aliphatic rings. The summed E-state index contributed by atoms with van der Waals surface area (Å²) < 4.78 is 20.1. The highest BCUT2D eigenvalue weighted by atomic mass is 19.1. The topological polar surface area (TPSA) is 64.2 Å². The van der Waals surface area contributed by atoms with Crippen molar-refractivity contribution in [2.45, 2.75) is 20.4 Å². The monoisotopic (exact) mass is 342 g/mol. The summed E-state index contributed by atoms with van der Waals surface area (Å²) >= 11 is 0. The third kappa shape index (κ3) is 3.60. The van der Waals surface area contributed by atoms with Gasteiger partial charge in [-0.25, -0.2) is 4.39 Å². The highest BCUT2D eigenvalue weighted by Crippen LogP contribution is 2.23. The van der Waals surface area contributed by atoms with Crippen molar-refractivity contribution in [1.82, 2.24) is 19.6 Å². The summed E-state index contributed by atoms with van der Waals surface area (Å²) in [6.07, 6.45) is 1.80. The Bertz CT molecular complexity index is 850. The Kier molecular flexibility index (Phi) is 4.92. The van der Waals surface area contributed by atoms with Gasteiger partial charge in [-0.3, -0.25) is 4.79 Å². The molecule has 2 aromatic heterocycles. The van der Waals surface area contributed by atoms with Gasteiger partial charge in [-0.1, -0.05) is 5.16 Å². The van der Waals surface area contributed by atoms with E-state index in [1.807, 2.05) is 26.0 Å². The van der Waals surface area contributed by atoms with Crippen LogP contribution in [0.4, 0.5) is 4.39 Å². The number of nitrogens with zero attached hydrogens (tertiary/aromatic N) is 4. The molecule has 3 aromatic rings. The van der Waals surface area contributed by atoms with Crippen molar-refractivity contribution >= 4 is 5.91 Å². The fourth-order valence-corrected chi connectivity index (χ4v) is 2.61. The van der Waals surface area contributed by atoms with Crippen LogP contribution >= 0.6 is 0 Å². The van der Waals surface area contributed by atoms with E-state index in [4.69, 9.17) is 4.52 Å². The lowest BCUT2D eigenvalue weighted by Crippen LogP contribution is -2.33. The number of carbonyl (C=O) groups is 1. The van der Waals surface area contributed by atoms with Gasteiger partial charge in [0.1, 0.15) is 18.1 Å². The first-order valence-electron chi connectivity index (χ1n) is 8.15. The average molecular weight is 342 g/mol. The van der Waals surface area contributed by atoms with Crippen LogP contribution < -0.4 is 0 Å². The molecule has 25 heavy (non-hydrogen) atoms. The lowest BCUT2D eigenvalue weighted by atomic mass is 10.2. The summed E-state index contributed by atoms with van der Waals surface area (Å²) in [5.41, 5.74) is 1.33.